The predicted octanol–water partition coefficient (Wildman–Crippen LogP) is 4.46. The average molecular weight is 274 g/mol. The van der Waals surface area contributed by atoms with Crippen LogP contribution in [0.25, 0.3) is 0 Å². The Labute approximate surface area is 123 Å². The van der Waals surface area contributed by atoms with Crippen LogP contribution in [0.3, 0.4) is 0 Å². The summed E-state index contributed by atoms with van der Waals surface area (Å²) in [6, 6.07) is 10.3. The number of hydrogen-bond donors (Lipinski definition) is 1. The van der Waals surface area contributed by atoms with Gasteiger partial charge in [-0.2, -0.15) is 5.26 Å². The first kappa shape index (κ1) is 16.4. The van der Waals surface area contributed by atoms with Crippen molar-refractivity contribution in [1.82, 2.24) is 0 Å². The van der Waals surface area contributed by atoms with Gasteiger partial charge in [0, 0.05) is 24.7 Å². The van der Waals surface area contributed by atoms with E-state index in [0.717, 1.165) is 31.0 Å². The molecule has 3 nitrogen and oxygen atoms in total. The van der Waals surface area contributed by atoms with Gasteiger partial charge in [0.2, 0.25) is 0 Å². The zero-order chi connectivity index (χ0) is 15.0. The van der Waals surface area contributed by atoms with Gasteiger partial charge in [0.1, 0.15) is 5.75 Å². The van der Waals surface area contributed by atoms with Crippen LogP contribution in [0.4, 0.5) is 5.69 Å². The van der Waals surface area contributed by atoms with Gasteiger partial charge in [-0.05, 0) is 29.9 Å². The SMILES string of the molecule is CC(C)COc1cccc(NCC(C)(C)CCC#N)c1. The first-order valence-electron chi connectivity index (χ1n) is 7.26. The molecule has 0 aliphatic heterocycles. The Bertz CT molecular complexity index is 447. The van der Waals surface area contributed by atoms with Crippen molar-refractivity contribution in [2.75, 3.05) is 18.5 Å². The van der Waals surface area contributed by atoms with E-state index >= 15 is 0 Å². The van der Waals surface area contributed by atoms with E-state index in [1.165, 1.54) is 0 Å². The highest BCUT2D eigenvalue weighted by molar-refractivity contribution is 5.48. The lowest BCUT2D eigenvalue weighted by Gasteiger charge is -2.24. The zero-order valence-corrected chi connectivity index (χ0v) is 13.1. The summed E-state index contributed by atoms with van der Waals surface area (Å²) in [6.07, 6.45) is 1.51. The molecule has 0 heterocycles. The van der Waals surface area contributed by atoms with Crippen LogP contribution >= 0.6 is 0 Å². The van der Waals surface area contributed by atoms with Crippen LogP contribution in [0.2, 0.25) is 0 Å². The Balaban J connectivity index is 2.51. The Kier molecular flexibility index (Phi) is 6.38. The highest BCUT2D eigenvalue weighted by Crippen LogP contribution is 2.24. The number of benzene rings is 1. The first-order valence-corrected chi connectivity index (χ1v) is 7.26. The molecule has 1 rings (SSSR count). The number of nitrogens with one attached hydrogen (secondary N) is 1. The summed E-state index contributed by atoms with van der Waals surface area (Å²) in [5.41, 5.74) is 1.18. The number of ether oxygens (including phenoxy) is 1. The largest absolute Gasteiger partial charge is 0.493 e. The lowest BCUT2D eigenvalue weighted by Crippen LogP contribution is -2.22. The highest BCUT2D eigenvalue weighted by Gasteiger charge is 2.17. The van der Waals surface area contributed by atoms with Crippen molar-refractivity contribution in [2.24, 2.45) is 11.3 Å². The number of anilines is 1. The molecular formula is C17H26N2O. The van der Waals surface area contributed by atoms with Crippen molar-refractivity contribution < 1.29 is 4.74 Å². The fourth-order valence-corrected chi connectivity index (χ4v) is 1.78. The highest BCUT2D eigenvalue weighted by atomic mass is 16.5. The summed E-state index contributed by atoms with van der Waals surface area (Å²) in [6.45, 7) is 10.2. The van der Waals surface area contributed by atoms with E-state index in [-0.39, 0.29) is 5.41 Å². The van der Waals surface area contributed by atoms with E-state index in [1.54, 1.807) is 0 Å². The first-order chi connectivity index (χ1) is 9.43. The summed E-state index contributed by atoms with van der Waals surface area (Å²) in [5, 5.41) is 12.1. The predicted molar refractivity (Wildman–Crippen MR) is 83.9 cm³/mol. The second-order valence-electron chi connectivity index (χ2n) is 6.41. The van der Waals surface area contributed by atoms with Crippen molar-refractivity contribution in [3.8, 4) is 11.8 Å². The van der Waals surface area contributed by atoms with Crippen LogP contribution < -0.4 is 10.1 Å². The summed E-state index contributed by atoms with van der Waals surface area (Å²) in [4.78, 5) is 0. The van der Waals surface area contributed by atoms with Crippen molar-refractivity contribution in [1.29, 1.82) is 5.26 Å². The van der Waals surface area contributed by atoms with Crippen LogP contribution in [-0.4, -0.2) is 13.2 Å². The molecule has 0 spiro atoms. The second kappa shape index (κ2) is 7.79. The second-order valence-corrected chi connectivity index (χ2v) is 6.41. The molecule has 0 saturated heterocycles. The van der Waals surface area contributed by atoms with Crippen molar-refractivity contribution in [3.63, 3.8) is 0 Å². The quantitative estimate of drug-likeness (QED) is 0.761. The molecule has 0 unspecified atom stereocenters. The fraction of sp³-hybridized carbons (Fsp3) is 0.588. The Morgan fingerprint density at radius 1 is 1.35 bits per heavy atom. The molecule has 0 aliphatic rings. The molecule has 20 heavy (non-hydrogen) atoms. The molecule has 0 atom stereocenters. The van der Waals surface area contributed by atoms with Gasteiger partial charge in [0.25, 0.3) is 0 Å². The summed E-state index contributed by atoms with van der Waals surface area (Å²) < 4.78 is 5.72. The average Bonchev–Trinajstić information content (AvgIpc) is 2.41. The van der Waals surface area contributed by atoms with E-state index in [2.05, 4.69) is 39.1 Å². The monoisotopic (exact) mass is 274 g/mol. The number of hydrogen-bond acceptors (Lipinski definition) is 3. The molecule has 0 bridgehead atoms. The zero-order valence-electron chi connectivity index (χ0n) is 13.1. The third kappa shape index (κ3) is 6.47. The summed E-state index contributed by atoms with van der Waals surface area (Å²) in [5.74, 6) is 1.43. The van der Waals surface area contributed by atoms with Gasteiger partial charge in [0.15, 0.2) is 0 Å². The van der Waals surface area contributed by atoms with Gasteiger partial charge < -0.3 is 10.1 Å². The molecule has 0 aromatic heterocycles. The number of rotatable bonds is 8. The lowest BCUT2D eigenvalue weighted by atomic mass is 9.88. The molecule has 0 amide bonds. The van der Waals surface area contributed by atoms with Gasteiger partial charge in [-0.25, -0.2) is 0 Å². The van der Waals surface area contributed by atoms with Gasteiger partial charge in [-0.3, -0.25) is 0 Å². The van der Waals surface area contributed by atoms with Gasteiger partial charge in [0.05, 0.1) is 12.7 Å². The van der Waals surface area contributed by atoms with Crippen molar-refractivity contribution in [2.45, 2.75) is 40.5 Å². The summed E-state index contributed by atoms with van der Waals surface area (Å²) in [7, 11) is 0. The van der Waals surface area contributed by atoms with E-state index in [1.807, 2.05) is 24.3 Å². The molecule has 110 valence electrons. The lowest BCUT2D eigenvalue weighted by molar-refractivity contribution is 0.271. The van der Waals surface area contributed by atoms with Crippen LogP contribution in [0, 0.1) is 22.7 Å². The maximum Gasteiger partial charge on any atom is 0.121 e. The van der Waals surface area contributed by atoms with E-state index < -0.39 is 0 Å². The third-order valence-electron chi connectivity index (χ3n) is 3.10. The Hall–Kier alpha value is -1.69. The molecule has 1 aromatic rings. The molecule has 0 fully saturated rings. The standard InChI is InChI=1S/C17H26N2O/c1-14(2)12-20-16-8-5-7-15(11-16)19-13-17(3,4)9-6-10-18/h5,7-8,11,14,19H,6,9,12-13H2,1-4H3. The van der Waals surface area contributed by atoms with Crippen LogP contribution in [-0.2, 0) is 0 Å². The normalized spacial score (nSPS) is 11.2. The van der Waals surface area contributed by atoms with Gasteiger partial charge in [-0.15, -0.1) is 0 Å². The minimum Gasteiger partial charge on any atom is -0.493 e. The Morgan fingerprint density at radius 2 is 2.10 bits per heavy atom. The van der Waals surface area contributed by atoms with E-state index in [9.17, 15) is 0 Å². The molecule has 0 aliphatic carbocycles. The molecule has 0 radical (unpaired) electrons. The summed E-state index contributed by atoms with van der Waals surface area (Å²) >= 11 is 0. The van der Waals surface area contributed by atoms with Crippen LogP contribution in [0.1, 0.15) is 40.5 Å². The fourth-order valence-electron chi connectivity index (χ4n) is 1.78. The minimum atomic E-state index is 0.116. The van der Waals surface area contributed by atoms with E-state index in [4.69, 9.17) is 10.00 Å². The topological polar surface area (TPSA) is 45.0 Å². The maximum atomic E-state index is 8.67. The number of nitriles is 1. The molecule has 3 heteroatoms. The van der Waals surface area contributed by atoms with Crippen molar-refractivity contribution >= 4 is 5.69 Å². The Morgan fingerprint density at radius 3 is 2.75 bits per heavy atom. The van der Waals surface area contributed by atoms with E-state index in [0.29, 0.717) is 12.3 Å². The molecular weight excluding hydrogens is 248 g/mol. The maximum absolute atomic E-state index is 8.67. The van der Waals surface area contributed by atoms with Gasteiger partial charge in [-0.1, -0.05) is 33.8 Å². The molecule has 1 aromatic carbocycles. The van der Waals surface area contributed by atoms with Crippen LogP contribution in [0.15, 0.2) is 24.3 Å². The van der Waals surface area contributed by atoms with Crippen LogP contribution in [0.5, 0.6) is 5.75 Å². The number of nitrogens with zero attached hydrogens (tertiary/aromatic N) is 1. The smallest absolute Gasteiger partial charge is 0.121 e. The minimum absolute atomic E-state index is 0.116. The molecule has 1 N–H and O–H groups in total. The third-order valence-corrected chi connectivity index (χ3v) is 3.10. The van der Waals surface area contributed by atoms with Crippen molar-refractivity contribution in [3.05, 3.63) is 24.3 Å². The van der Waals surface area contributed by atoms with Gasteiger partial charge >= 0.3 is 0 Å². The molecule has 0 saturated carbocycles.